The number of unbranched alkanes of at least 4 members (excludes halogenated alkanes) is 1. The number of nitrogens with zero attached hydrogens (tertiary/aromatic N) is 2. The average Bonchev–Trinajstić information content (AvgIpc) is 2.67. The van der Waals surface area contributed by atoms with E-state index in [0.717, 1.165) is 0 Å². The molecule has 0 aromatic rings. The van der Waals surface area contributed by atoms with Gasteiger partial charge in [-0.3, -0.25) is 14.5 Å². The molecule has 2 rings (SSSR count). The Balaban J connectivity index is 2.01. The highest BCUT2D eigenvalue weighted by atomic mass is 16.5. The molecule has 5 nitrogen and oxygen atoms in total. The summed E-state index contributed by atoms with van der Waals surface area (Å²) in [7, 11) is 0. The Morgan fingerprint density at radius 2 is 1.93 bits per heavy atom. The van der Waals surface area contributed by atoms with Crippen LogP contribution < -0.4 is 0 Å². The van der Waals surface area contributed by atoms with E-state index in [1.807, 2.05) is 6.07 Å². The molecule has 2 saturated heterocycles. The van der Waals surface area contributed by atoms with Gasteiger partial charge in [-0.1, -0.05) is 0 Å². The first-order valence-corrected chi connectivity index (χ1v) is 5.11. The van der Waals surface area contributed by atoms with E-state index >= 15 is 0 Å². The number of ether oxygens (including phenoxy) is 1. The molecule has 2 fully saturated rings. The number of fused-ring (bicyclic) bond motifs is 2. The van der Waals surface area contributed by atoms with E-state index in [1.165, 1.54) is 4.90 Å². The summed E-state index contributed by atoms with van der Waals surface area (Å²) in [5.74, 6) is -0.460. The Morgan fingerprint density at radius 1 is 1.33 bits per heavy atom. The number of hydrogen-bond donors (Lipinski definition) is 0. The molecule has 15 heavy (non-hydrogen) atoms. The smallest absolute Gasteiger partial charge is 0.258 e. The first-order chi connectivity index (χ1) is 7.24. The van der Waals surface area contributed by atoms with Crippen molar-refractivity contribution in [2.45, 2.75) is 37.9 Å². The zero-order valence-corrected chi connectivity index (χ0v) is 8.31. The van der Waals surface area contributed by atoms with Gasteiger partial charge in [0.15, 0.2) is 0 Å². The Morgan fingerprint density at radius 3 is 2.47 bits per heavy atom. The third-order valence-electron chi connectivity index (χ3n) is 2.77. The van der Waals surface area contributed by atoms with E-state index in [2.05, 4.69) is 0 Å². The van der Waals surface area contributed by atoms with Crippen LogP contribution in [0, 0.1) is 11.3 Å². The predicted octanol–water partition coefficient (Wildman–Crippen LogP) is 0.207. The summed E-state index contributed by atoms with van der Waals surface area (Å²) in [4.78, 5) is 24.6. The number of morpholine rings is 1. The molecular weight excluding hydrogens is 196 g/mol. The summed E-state index contributed by atoms with van der Waals surface area (Å²) in [5, 5.41) is 8.38. The van der Waals surface area contributed by atoms with Gasteiger partial charge in [-0.15, -0.1) is 0 Å². The van der Waals surface area contributed by atoms with Crippen LogP contribution in [0.1, 0.15) is 25.7 Å². The van der Waals surface area contributed by atoms with E-state index in [-0.39, 0.29) is 11.8 Å². The SMILES string of the molecule is N#CCCCN1C(=O)C2CCC(O2)C1=O. The number of amides is 2. The van der Waals surface area contributed by atoms with Gasteiger partial charge in [0, 0.05) is 13.0 Å². The molecule has 2 heterocycles. The third kappa shape index (κ3) is 1.73. The molecule has 0 radical (unpaired) electrons. The van der Waals surface area contributed by atoms with Gasteiger partial charge in [-0.25, -0.2) is 0 Å². The van der Waals surface area contributed by atoms with E-state index < -0.39 is 12.2 Å². The van der Waals surface area contributed by atoms with Gasteiger partial charge in [0.2, 0.25) is 0 Å². The summed E-state index contributed by atoms with van der Waals surface area (Å²) in [5.41, 5.74) is 0. The Labute approximate surface area is 87.6 Å². The van der Waals surface area contributed by atoms with Crippen LogP contribution >= 0.6 is 0 Å². The van der Waals surface area contributed by atoms with Crippen molar-refractivity contribution in [1.29, 1.82) is 5.26 Å². The number of hydrogen-bond acceptors (Lipinski definition) is 4. The van der Waals surface area contributed by atoms with Crippen molar-refractivity contribution in [2.24, 2.45) is 0 Å². The van der Waals surface area contributed by atoms with Crippen molar-refractivity contribution in [2.75, 3.05) is 6.54 Å². The second kappa shape index (κ2) is 3.99. The fraction of sp³-hybridized carbons (Fsp3) is 0.700. The minimum absolute atomic E-state index is 0.230. The lowest BCUT2D eigenvalue weighted by molar-refractivity contribution is -0.168. The molecule has 2 atom stereocenters. The van der Waals surface area contributed by atoms with Gasteiger partial charge < -0.3 is 4.74 Å². The fourth-order valence-electron chi connectivity index (χ4n) is 1.99. The maximum absolute atomic E-state index is 11.7. The van der Waals surface area contributed by atoms with E-state index in [0.29, 0.717) is 32.2 Å². The van der Waals surface area contributed by atoms with Crippen molar-refractivity contribution in [1.82, 2.24) is 4.90 Å². The van der Waals surface area contributed by atoms with Crippen LogP contribution in [-0.4, -0.2) is 35.5 Å². The number of carbonyl (C=O) groups is 2. The molecule has 5 heteroatoms. The Kier molecular flexibility index (Phi) is 2.69. The van der Waals surface area contributed by atoms with Crippen LogP contribution in [0.2, 0.25) is 0 Å². The van der Waals surface area contributed by atoms with Crippen molar-refractivity contribution < 1.29 is 14.3 Å². The highest BCUT2D eigenvalue weighted by Crippen LogP contribution is 2.28. The molecule has 80 valence electrons. The second-order valence-corrected chi connectivity index (χ2v) is 3.78. The summed E-state index contributed by atoms with van der Waals surface area (Å²) >= 11 is 0. The molecule has 2 aliphatic heterocycles. The van der Waals surface area contributed by atoms with Gasteiger partial charge in [0.05, 0.1) is 6.07 Å². The van der Waals surface area contributed by atoms with Crippen LogP contribution in [0.4, 0.5) is 0 Å². The van der Waals surface area contributed by atoms with Crippen molar-refractivity contribution in [3.05, 3.63) is 0 Å². The lowest BCUT2D eigenvalue weighted by Gasteiger charge is -2.29. The molecule has 2 amide bonds. The highest BCUT2D eigenvalue weighted by molar-refractivity contribution is 6.02. The van der Waals surface area contributed by atoms with Crippen LogP contribution in [0.25, 0.3) is 0 Å². The van der Waals surface area contributed by atoms with Crippen LogP contribution in [0.3, 0.4) is 0 Å². The summed E-state index contributed by atoms with van der Waals surface area (Å²) in [6.45, 7) is 0.349. The molecule has 0 aromatic carbocycles. The molecular formula is C10H12N2O3. The normalized spacial score (nSPS) is 29.4. The molecule has 0 N–H and O–H groups in total. The molecule has 2 bridgehead atoms. The van der Waals surface area contributed by atoms with E-state index in [1.54, 1.807) is 0 Å². The predicted molar refractivity (Wildman–Crippen MR) is 49.5 cm³/mol. The quantitative estimate of drug-likeness (QED) is 0.491. The van der Waals surface area contributed by atoms with Crippen molar-refractivity contribution in [3.8, 4) is 6.07 Å². The van der Waals surface area contributed by atoms with Gasteiger partial charge >= 0.3 is 0 Å². The average molecular weight is 208 g/mol. The zero-order chi connectivity index (χ0) is 10.8. The lowest BCUT2D eigenvalue weighted by Crippen LogP contribution is -2.51. The fourth-order valence-corrected chi connectivity index (χ4v) is 1.99. The van der Waals surface area contributed by atoms with E-state index in [4.69, 9.17) is 10.00 Å². The minimum Gasteiger partial charge on any atom is -0.355 e. The monoisotopic (exact) mass is 208 g/mol. The summed E-state index contributed by atoms with van der Waals surface area (Å²) in [6.07, 6.45) is 1.36. The number of rotatable bonds is 3. The Bertz CT molecular complexity index is 312. The zero-order valence-electron chi connectivity index (χ0n) is 8.31. The van der Waals surface area contributed by atoms with E-state index in [9.17, 15) is 9.59 Å². The molecule has 2 aliphatic rings. The van der Waals surface area contributed by atoms with Crippen LogP contribution in [0.5, 0.6) is 0 Å². The van der Waals surface area contributed by atoms with Crippen LogP contribution in [0.15, 0.2) is 0 Å². The lowest BCUT2D eigenvalue weighted by atomic mass is 10.2. The molecule has 0 aromatic heterocycles. The van der Waals surface area contributed by atoms with Crippen molar-refractivity contribution in [3.63, 3.8) is 0 Å². The number of imide groups is 1. The Hall–Kier alpha value is -1.41. The largest absolute Gasteiger partial charge is 0.355 e. The summed E-state index contributed by atoms with van der Waals surface area (Å²) in [6, 6.07) is 1.99. The van der Waals surface area contributed by atoms with Crippen LogP contribution in [-0.2, 0) is 14.3 Å². The highest BCUT2D eigenvalue weighted by Gasteiger charge is 2.45. The third-order valence-corrected chi connectivity index (χ3v) is 2.77. The molecule has 2 unspecified atom stereocenters. The standard InChI is InChI=1S/C10H12N2O3/c11-5-1-2-6-12-9(13)7-3-4-8(15-7)10(12)14/h7-8H,1-4,6H2. The first kappa shape index (κ1) is 10.1. The van der Waals surface area contributed by atoms with Crippen molar-refractivity contribution >= 4 is 11.8 Å². The first-order valence-electron chi connectivity index (χ1n) is 5.11. The van der Waals surface area contributed by atoms with Gasteiger partial charge in [0.25, 0.3) is 11.8 Å². The maximum Gasteiger partial charge on any atom is 0.258 e. The van der Waals surface area contributed by atoms with Gasteiger partial charge in [-0.2, -0.15) is 5.26 Å². The topological polar surface area (TPSA) is 70.4 Å². The molecule has 0 saturated carbocycles. The van der Waals surface area contributed by atoms with Gasteiger partial charge in [-0.05, 0) is 19.3 Å². The number of nitriles is 1. The second-order valence-electron chi connectivity index (χ2n) is 3.78. The maximum atomic E-state index is 11.7. The molecule has 0 aliphatic carbocycles. The number of carbonyl (C=O) groups excluding carboxylic acids is 2. The summed E-state index contributed by atoms with van der Waals surface area (Å²) < 4.78 is 5.25. The molecule has 0 spiro atoms. The van der Waals surface area contributed by atoms with Gasteiger partial charge in [0.1, 0.15) is 12.2 Å². The number of likely N-dealkylation sites (tertiary alicyclic amines) is 1. The minimum atomic E-state index is -0.421.